The molecule has 0 saturated carbocycles. The van der Waals surface area contributed by atoms with E-state index in [1.165, 1.54) is 6.20 Å². The van der Waals surface area contributed by atoms with Crippen LogP contribution in [0.25, 0.3) is 22.6 Å². The second-order valence-corrected chi connectivity index (χ2v) is 3.80. The molecule has 0 atom stereocenters. The van der Waals surface area contributed by atoms with Crippen LogP contribution in [0.15, 0.2) is 30.6 Å². The second-order valence-electron chi connectivity index (χ2n) is 3.80. The monoisotopic (exact) mass is 226 g/mol. The SMILES string of the molecule is Cc1ccc2[nH]c(-c3ccncc3O)nc2n1. The second kappa shape index (κ2) is 3.55. The normalized spacial score (nSPS) is 10.9. The van der Waals surface area contributed by atoms with Gasteiger partial charge in [-0.1, -0.05) is 0 Å². The van der Waals surface area contributed by atoms with E-state index in [9.17, 15) is 5.11 Å². The summed E-state index contributed by atoms with van der Waals surface area (Å²) >= 11 is 0. The van der Waals surface area contributed by atoms with Gasteiger partial charge >= 0.3 is 0 Å². The Morgan fingerprint density at radius 1 is 1.18 bits per heavy atom. The lowest BCUT2D eigenvalue weighted by atomic mass is 10.2. The molecule has 0 fully saturated rings. The minimum Gasteiger partial charge on any atom is -0.506 e. The predicted octanol–water partition coefficient (Wildman–Crippen LogP) is 2.03. The van der Waals surface area contributed by atoms with Crippen molar-refractivity contribution in [3.63, 3.8) is 0 Å². The molecule has 0 bridgehead atoms. The highest BCUT2D eigenvalue weighted by Gasteiger charge is 2.09. The molecule has 0 aliphatic carbocycles. The summed E-state index contributed by atoms with van der Waals surface area (Å²) < 4.78 is 0. The number of aromatic amines is 1. The van der Waals surface area contributed by atoms with Crippen molar-refractivity contribution >= 4 is 11.2 Å². The van der Waals surface area contributed by atoms with Gasteiger partial charge in [-0.15, -0.1) is 0 Å². The summed E-state index contributed by atoms with van der Waals surface area (Å²) in [5.41, 5.74) is 3.03. The Morgan fingerprint density at radius 3 is 2.88 bits per heavy atom. The van der Waals surface area contributed by atoms with E-state index >= 15 is 0 Å². The molecular formula is C12H10N4O. The molecule has 2 N–H and O–H groups in total. The quantitative estimate of drug-likeness (QED) is 0.665. The first-order valence-electron chi connectivity index (χ1n) is 5.21. The highest BCUT2D eigenvalue weighted by atomic mass is 16.3. The lowest BCUT2D eigenvalue weighted by Crippen LogP contribution is -1.82. The van der Waals surface area contributed by atoms with Gasteiger partial charge in [0.05, 0.1) is 17.3 Å². The van der Waals surface area contributed by atoms with Crippen LogP contribution >= 0.6 is 0 Å². The molecular weight excluding hydrogens is 216 g/mol. The average Bonchev–Trinajstić information content (AvgIpc) is 2.72. The van der Waals surface area contributed by atoms with Crippen LogP contribution < -0.4 is 0 Å². The van der Waals surface area contributed by atoms with Gasteiger partial charge in [0.1, 0.15) is 11.6 Å². The third kappa shape index (κ3) is 1.61. The Kier molecular flexibility index (Phi) is 2.04. The Balaban J connectivity index is 2.22. The molecule has 0 amide bonds. The standard InChI is InChI=1S/C12H10N4O/c1-7-2-3-9-12(14-7)16-11(15-9)8-4-5-13-6-10(8)17/h2-6,17H,1H3,(H,14,15,16). The van der Waals surface area contributed by atoms with E-state index in [4.69, 9.17) is 0 Å². The molecule has 3 aromatic rings. The Morgan fingerprint density at radius 2 is 2.06 bits per heavy atom. The van der Waals surface area contributed by atoms with Gasteiger partial charge in [0.2, 0.25) is 0 Å². The van der Waals surface area contributed by atoms with E-state index < -0.39 is 0 Å². The van der Waals surface area contributed by atoms with Crippen LogP contribution in [0.1, 0.15) is 5.69 Å². The molecule has 0 aliphatic heterocycles. The minimum atomic E-state index is 0.100. The van der Waals surface area contributed by atoms with E-state index in [-0.39, 0.29) is 5.75 Å². The van der Waals surface area contributed by atoms with Gasteiger partial charge < -0.3 is 10.1 Å². The summed E-state index contributed by atoms with van der Waals surface area (Å²) in [6.45, 7) is 1.91. The number of rotatable bonds is 1. The third-order valence-electron chi connectivity index (χ3n) is 2.54. The van der Waals surface area contributed by atoms with Gasteiger partial charge in [0.25, 0.3) is 0 Å². The summed E-state index contributed by atoms with van der Waals surface area (Å²) in [5, 5.41) is 9.70. The van der Waals surface area contributed by atoms with Gasteiger partial charge in [-0.05, 0) is 25.1 Å². The number of hydrogen-bond donors (Lipinski definition) is 2. The highest BCUT2D eigenvalue weighted by Crippen LogP contribution is 2.26. The average molecular weight is 226 g/mol. The first-order chi connectivity index (χ1) is 8.24. The minimum absolute atomic E-state index is 0.100. The topological polar surface area (TPSA) is 74.7 Å². The van der Waals surface area contributed by atoms with Crippen LogP contribution in [0.2, 0.25) is 0 Å². The number of H-pyrrole nitrogens is 1. The first-order valence-corrected chi connectivity index (χ1v) is 5.21. The van der Waals surface area contributed by atoms with Crippen LogP contribution in [0, 0.1) is 6.92 Å². The molecule has 0 saturated heterocycles. The number of aryl methyl sites for hydroxylation is 1. The molecule has 0 aliphatic rings. The van der Waals surface area contributed by atoms with Crippen molar-refractivity contribution in [3.8, 4) is 17.1 Å². The zero-order chi connectivity index (χ0) is 11.8. The smallest absolute Gasteiger partial charge is 0.178 e. The van der Waals surface area contributed by atoms with E-state index in [1.807, 2.05) is 19.1 Å². The fourth-order valence-corrected chi connectivity index (χ4v) is 1.70. The maximum Gasteiger partial charge on any atom is 0.178 e. The Hall–Kier alpha value is -2.43. The van der Waals surface area contributed by atoms with E-state index in [0.29, 0.717) is 17.0 Å². The lowest BCUT2D eigenvalue weighted by Gasteiger charge is -1.97. The number of aromatic nitrogens is 4. The largest absolute Gasteiger partial charge is 0.506 e. The molecule has 0 spiro atoms. The fourth-order valence-electron chi connectivity index (χ4n) is 1.70. The lowest BCUT2D eigenvalue weighted by molar-refractivity contribution is 0.474. The van der Waals surface area contributed by atoms with E-state index in [1.54, 1.807) is 12.3 Å². The van der Waals surface area contributed by atoms with Crippen molar-refractivity contribution in [2.45, 2.75) is 6.92 Å². The summed E-state index contributed by atoms with van der Waals surface area (Å²) in [6, 6.07) is 5.54. The molecule has 3 heterocycles. The number of nitrogens with one attached hydrogen (secondary N) is 1. The molecule has 17 heavy (non-hydrogen) atoms. The highest BCUT2D eigenvalue weighted by molar-refractivity contribution is 5.77. The molecule has 5 heteroatoms. The summed E-state index contributed by atoms with van der Waals surface area (Å²) in [6.07, 6.45) is 3.00. The van der Waals surface area contributed by atoms with Gasteiger partial charge in [0.15, 0.2) is 5.65 Å². The van der Waals surface area contributed by atoms with Crippen molar-refractivity contribution in [1.82, 2.24) is 19.9 Å². The molecule has 0 aromatic carbocycles. The fraction of sp³-hybridized carbons (Fsp3) is 0.0833. The molecule has 84 valence electrons. The Bertz CT molecular complexity index is 690. The molecule has 3 aromatic heterocycles. The number of fused-ring (bicyclic) bond motifs is 1. The van der Waals surface area contributed by atoms with E-state index in [0.717, 1.165) is 11.2 Å². The zero-order valence-corrected chi connectivity index (χ0v) is 9.18. The van der Waals surface area contributed by atoms with E-state index in [2.05, 4.69) is 19.9 Å². The molecule has 5 nitrogen and oxygen atoms in total. The van der Waals surface area contributed by atoms with Gasteiger partial charge in [-0.2, -0.15) is 0 Å². The maximum atomic E-state index is 9.70. The van der Waals surface area contributed by atoms with Gasteiger partial charge in [-0.25, -0.2) is 9.97 Å². The summed E-state index contributed by atoms with van der Waals surface area (Å²) in [5.74, 6) is 0.696. The van der Waals surface area contributed by atoms with Crippen LogP contribution in [0.5, 0.6) is 5.75 Å². The number of aromatic hydroxyl groups is 1. The van der Waals surface area contributed by atoms with Gasteiger partial charge in [-0.3, -0.25) is 4.98 Å². The van der Waals surface area contributed by atoms with Crippen molar-refractivity contribution in [2.75, 3.05) is 0 Å². The zero-order valence-electron chi connectivity index (χ0n) is 9.18. The summed E-state index contributed by atoms with van der Waals surface area (Å²) in [7, 11) is 0. The third-order valence-corrected chi connectivity index (χ3v) is 2.54. The number of hydrogen-bond acceptors (Lipinski definition) is 4. The maximum absolute atomic E-state index is 9.70. The molecule has 0 unspecified atom stereocenters. The Labute approximate surface area is 97.2 Å². The number of nitrogens with zero attached hydrogens (tertiary/aromatic N) is 3. The first kappa shape index (κ1) is 9.77. The van der Waals surface area contributed by atoms with Crippen molar-refractivity contribution in [3.05, 3.63) is 36.3 Å². The molecule has 3 rings (SSSR count). The van der Waals surface area contributed by atoms with Crippen molar-refractivity contribution in [1.29, 1.82) is 0 Å². The summed E-state index contributed by atoms with van der Waals surface area (Å²) in [4.78, 5) is 15.6. The van der Waals surface area contributed by atoms with Crippen LogP contribution in [-0.4, -0.2) is 25.0 Å². The van der Waals surface area contributed by atoms with Gasteiger partial charge in [0, 0.05) is 11.9 Å². The molecule has 0 radical (unpaired) electrons. The van der Waals surface area contributed by atoms with Crippen molar-refractivity contribution in [2.24, 2.45) is 0 Å². The number of pyridine rings is 2. The van der Waals surface area contributed by atoms with Crippen LogP contribution in [0.3, 0.4) is 0 Å². The van der Waals surface area contributed by atoms with Crippen molar-refractivity contribution < 1.29 is 5.11 Å². The number of imidazole rings is 1. The van der Waals surface area contributed by atoms with Crippen LogP contribution in [0.4, 0.5) is 0 Å². The predicted molar refractivity (Wildman–Crippen MR) is 63.5 cm³/mol. The van der Waals surface area contributed by atoms with Crippen LogP contribution in [-0.2, 0) is 0 Å².